The molecule has 0 bridgehead atoms. The maximum atomic E-state index is 13.1. The van der Waals surface area contributed by atoms with Crippen LogP contribution in [0.5, 0.6) is 0 Å². The lowest BCUT2D eigenvalue weighted by molar-refractivity contribution is -0.126. The third-order valence-electron chi connectivity index (χ3n) is 5.48. The summed E-state index contributed by atoms with van der Waals surface area (Å²) >= 11 is 5.98. The van der Waals surface area contributed by atoms with Crippen LogP contribution in [-0.4, -0.2) is 38.3 Å². The summed E-state index contributed by atoms with van der Waals surface area (Å²) in [5, 5.41) is 3.42. The predicted molar refractivity (Wildman–Crippen MR) is 112 cm³/mol. The molecule has 0 saturated carbocycles. The van der Waals surface area contributed by atoms with E-state index in [1.807, 2.05) is 12.1 Å². The SMILES string of the molecule is O=C(NCc1cccc(Cl)c1)C1CCCN(S(=O)(=O)c2ccc(C3CCNN3)o2)C1. The molecule has 2 unspecified atom stereocenters. The highest BCUT2D eigenvalue weighted by Crippen LogP contribution is 2.28. The fraction of sp³-hybridized carbons (Fsp3) is 0.450. The van der Waals surface area contributed by atoms with Crippen LogP contribution in [0.1, 0.15) is 36.6 Å². The number of carbonyl (C=O) groups is 1. The molecule has 2 aliphatic rings. The number of hydrogen-bond acceptors (Lipinski definition) is 6. The van der Waals surface area contributed by atoms with Crippen molar-refractivity contribution in [2.75, 3.05) is 19.6 Å². The second-order valence-corrected chi connectivity index (χ2v) is 9.92. The fourth-order valence-electron chi connectivity index (χ4n) is 3.84. The zero-order valence-electron chi connectivity index (χ0n) is 16.4. The van der Waals surface area contributed by atoms with Crippen molar-refractivity contribution in [3.63, 3.8) is 0 Å². The summed E-state index contributed by atoms with van der Waals surface area (Å²) in [5.74, 6) is 0.0329. The number of nitrogens with one attached hydrogen (secondary N) is 3. The summed E-state index contributed by atoms with van der Waals surface area (Å²) in [6.07, 6.45) is 2.09. The van der Waals surface area contributed by atoms with Gasteiger partial charge in [-0.2, -0.15) is 4.31 Å². The first-order valence-corrected chi connectivity index (χ1v) is 11.9. The molecule has 1 aromatic heterocycles. The van der Waals surface area contributed by atoms with Gasteiger partial charge >= 0.3 is 0 Å². The summed E-state index contributed by atoms with van der Waals surface area (Å²) in [7, 11) is -3.79. The summed E-state index contributed by atoms with van der Waals surface area (Å²) in [5.41, 5.74) is 6.96. The Balaban J connectivity index is 1.39. The molecular formula is C20H25ClN4O4S. The Kier molecular flexibility index (Phi) is 6.45. The van der Waals surface area contributed by atoms with Crippen LogP contribution in [0.3, 0.4) is 0 Å². The van der Waals surface area contributed by atoms with Gasteiger partial charge in [-0.05, 0) is 49.1 Å². The topological polar surface area (TPSA) is 104 Å². The highest BCUT2D eigenvalue weighted by Gasteiger charge is 2.35. The number of amides is 1. The Morgan fingerprint density at radius 1 is 1.27 bits per heavy atom. The summed E-state index contributed by atoms with van der Waals surface area (Å²) in [4.78, 5) is 12.6. The van der Waals surface area contributed by atoms with Crippen molar-refractivity contribution >= 4 is 27.5 Å². The maximum absolute atomic E-state index is 13.1. The number of halogens is 1. The highest BCUT2D eigenvalue weighted by atomic mass is 35.5. The van der Waals surface area contributed by atoms with E-state index >= 15 is 0 Å². The minimum Gasteiger partial charge on any atom is -0.447 e. The molecule has 30 heavy (non-hydrogen) atoms. The lowest BCUT2D eigenvalue weighted by Crippen LogP contribution is -2.45. The monoisotopic (exact) mass is 452 g/mol. The zero-order valence-corrected chi connectivity index (χ0v) is 18.0. The summed E-state index contributed by atoms with van der Waals surface area (Å²) in [6.45, 7) is 1.67. The first-order chi connectivity index (χ1) is 14.4. The first kappa shape index (κ1) is 21.3. The normalized spacial score (nSPS) is 22.8. The van der Waals surface area contributed by atoms with Crippen LogP contribution >= 0.6 is 11.6 Å². The number of furan rings is 1. The van der Waals surface area contributed by atoms with Gasteiger partial charge in [0.15, 0.2) is 0 Å². The molecule has 8 nitrogen and oxygen atoms in total. The molecule has 10 heteroatoms. The molecule has 162 valence electrons. The fourth-order valence-corrected chi connectivity index (χ4v) is 5.49. The lowest BCUT2D eigenvalue weighted by Gasteiger charge is -2.30. The van der Waals surface area contributed by atoms with E-state index in [2.05, 4.69) is 16.2 Å². The van der Waals surface area contributed by atoms with Crippen LogP contribution in [0, 0.1) is 5.92 Å². The number of hydrogen-bond donors (Lipinski definition) is 3. The van der Waals surface area contributed by atoms with Crippen LogP contribution in [0.25, 0.3) is 0 Å². The molecule has 2 fully saturated rings. The molecule has 2 aromatic rings. The van der Waals surface area contributed by atoms with Crippen LogP contribution in [0.2, 0.25) is 5.02 Å². The molecule has 3 N–H and O–H groups in total. The van der Waals surface area contributed by atoms with Crippen molar-refractivity contribution in [3.05, 3.63) is 52.7 Å². The van der Waals surface area contributed by atoms with E-state index in [0.29, 0.717) is 36.7 Å². The quantitative estimate of drug-likeness (QED) is 0.620. The van der Waals surface area contributed by atoms with Gasteiger partial charge < -0.3 is 9.73 Å². The molecule has 2 atom stereocenters. The smallest absolute Gasteiger partial charge is 0.276 e. The molecule has 2 aliphatic heterocycles. The maximum Gasteiger partial charge on any atom is 0.276 e. The Morgan fingerprint density at radius 3 is 2.90 bits per heavy atom. The Labute approximate surface area is 181 Å². The van der Waals surface area contributed by atoms with Gasteiger partial charge in [-0.1, -0.05) is 23.7 Å². The van der Waals surface area contributed by atoms with Crippen LogP contribution in [0.15, 0.2) is 45.9 Å². The third kappa shape index (κ3) is 4.70. The van der Waals surface area contributed by atoms with Crippen LogP contribution < -0.4 is 16.2 Å². The Morgan fingerprint density at radius 2 is 2.13 bits per heavy atom. The number of rotatable bonds is 6. The van der Waals surface area contributed by atoms with Crippen molar-refractivity contribution in [2.45, 2.75) is 36.9 Å². The number of sulfonamides is 1. The van der Waals surface area contributed by atoms with Gasteiger partial charge in [-0.25, -0.2) is 13.8 Å². The molecular weight excluding hydrogens is 428 g/mol. The minimum atomic E-state index is -3.79. The predicted octanol–water partition coefficient (Wildman–Crippen LogP) is 2.19. The van der Waals surface area contributed by atoms with Crippen molar-refractivity contribution in [2.24, 2.45) is 5.92 Å². The number of benzene rings is 1. The Bertz CT molecular complexity index is 1000. The van der Waals surface area contributed by atoms with E-state index in [9.17, 15) is 13.2 Å². The molecule has 4 rings (SSSR count). The summed E-state index contributed by atoms with van der Waals surface area (Å²) < 4.78 is 33.1. The van der Waals surface area contributed by atoms with Gasteiger partial charge in [-0.3, -0.25) is 10.2 Å². The van der Waals surface area contributed by atoms with E-state index in [1.54, 1.807) is 18.2 Å². The number of carbonyl (C=O) groups excluding carboxylic acids is 1. The molecule has 2 saturated heterocycles. The third-order valence-corrected chi connectivity index (χ3v) is 7.46. The van der Waals surface area contributed by atoms with Gasteiger partial charge in [-0.15, -0.1) is 0 Å². The van der Waals surface area contributed by atoms with Crippen molar-refractivity contribution in [1.82, 2.24) is 20.5 Å². The molecule has 0 spiro atoms. The summed E-state index contributed by atoms with van der Waals surface area (Å²) in [6, 6.07) is 10.4. The van der Waals surface area contributed by atoms with E-state index in [-0.39, 0.29) is 23.6 Å². The molecule has 0 aliphatic carbocycles. The van der Waals surface area contributed by atoms with E-state index in [0.717, 1.165) is 18.5 Å². The van der Waals surface area contributed by atoms with E-state index in [4.69, 9.17) is 16.0 Å². The molecule has 0 radical (unpaired) electrons. The average molecular weight is 453 g/mol. The Hall–Kier alpha value is -1.91. The second kappa shape index (κ2) is 9.07. The van der Waals surface area contributed by atoms with Crippen LogP contribution in [-0.2, 0) is 21.4 Å². The van der Waals surface area contributed by atoms with Crippen molar-refractivity contribution in [3.8, 4) is 0 Å². The number of hydrazine groups is 1. The number of piperidine rings is 1. The zero-order chi connectivity index (χ0) is 21.1. The minimum absolute atomic E-state index is 0.0414. The largest absolute Gasteiger partial charge is 0.447 e. The standard InChI is InChI=1S/C20H25ClN4O4S/c21-16-5-1-3-14(11-16)12-22-20(26)15-4-2-10-25(13-15)30(27,28)19-7-6-18(29-19)17-8-9-23-24-17/h1,3,5-7,11,15,17,23-24H,2,4,8-10,12-13H2,(H,22,26). The van der Waals surface area contributed by atoms with Gasteiger partial charge in [0, 0.05) is 31.2 Å². The van der Waals surface area contributed by atoms with Gasteiger partial charge in [0.25, 0.3) is 10.0 Å². The number of nitrogens with zero attached hydrogens (tertiary/aromatic N) is 1. The first-order valence-electron chi connectivity index (χ1n) is 10.0. The van der Waals surface area contributed by atoms with Gasteiger partial charge in [0.1, 0.15) is 5.76 Å². The molecule has 1 amide bonds. The van der Waals surface area contributed by atoms with E-state index < -0.39 is 15.9 Å². The highest BCUT2D eigenvalue weighted by molar-refractivity contribution is 7.89. The van der Waals surface area contributed by atoms with E-state index in [1.165, 1.54) is 10.4 Å². The molecule has 3 heterocycles. The average Bonchev–Trinajstić information content (AvgIpc) is 3.44. The van der Waals surface area contributed by atoms with Gasteiger partial charge in [0.05, 0.1) is 12.0 Å². The van der Waals surface area contributed by atoms with Gasteiger partial charge in [0.2, 0.25) is 11.0 Å². The van der Waals surface area contributed by atoms with Crippen LogP contribution in [0.4, 0.5) is 0 Å². The van der Waals surface area contributed by atoms with Crippen molar-refractivity contribution < 1.29 is 17.6 Å². The molecule has 1 aromatic carbocycles. The second-order valence-electron chi connectivity index (χ2n) is 7.62. The van der Waals surface area contributed by atoms with Crippen molar-refractivity contribution in [1.29, 1.82) is 0 Å². The lowest BCUT2D eigenvalue weighted by atomic mass is 9.99.